The third-order valence-electron chi connectivity index (χ3n) is 12.9. The van der Waals surface area contributed by atoms with Crippen LogP contribution in [0.5, 0.6) is 0 Å². The smallest absolute Gasteiger partial charge is 0.311 e. The normalized spacial score (nSPS) is 12.0. The molecule has 0 bridgehead atoms. The summed E-state index contributed by atoms with van der Waals surface area (Å²) in [6.45, 7) is 8.83. The molecular formula is C61H48F6N4Si. The monoisotopic (exact) mass is 978 g/mol. The lowest BCUT2D eigenvalue weighted by Gasteiger charge is -2.27. The van der Waals surface area contributed by atoms with E-state index in [0.717, 1.165) is 103 Å². The van der Waals surface area contributed by atoms with Crippen molar-refractivity contribution in [3.05, 3.63) is 235 Å². The maximum absolute atomic E-state index is 13.6. The fourth-order valence-electron chi connectivity index (χ4n) is 9.00. The van der Waals surface area contributed by atoms with E-state index in [1.807, 2.05) is 120 Å². The molecule has 0 unspecified atom stereocenters. The fourth-order valence-corrected chi connectivity index (χ4v) is 10.2. The molecule has 0 saturated carbocycles. The van der Waals surface area contributed by atoms with E-state index in [9.17, 15) is 26.3 Å². The van der Waals surface area contributed by atoms with Gasteiger partial charge >= 0.3 is 12.4 Å². The van der Waals surface area contributed by atoms with Gasteiger partial charge in [-0.15, -0.1) is 0 Å². The average Bonchev–Trinajstić information content (AvgIpc) is 3.77. The second-order valence-electron chi connectivity index (χ2n) is 18.9. The number of alkyl halides is 6. The van der Waals surface area contributed by atoms with Crippen LogP contribution in [-0.2, 0) is 12.4 Å². The molecule has 10 rings (SSSR count). The standard InChI is InChI=1S/C61H48F6N4Si/c1-41-9-25-49(26-10-41)69(52-33-21-47(22-34-52)60(62,63)64)50-29-17-44(18-30-50)45-19-31-55(32-20-45)71-58-8-6-5-7-57(58)68-59(71)46-13-11-42(12-14-46)43-15-27-51(28-16-43)70(53-35-23-48(24-36-53)61(65,66)67)54-37-39-56(40-38-54)72(2,3)4/h5-40H,1-4H3. The van der Waals surface area contributed by atoms with Crippen LogP contribution in [-0.4, -0.2) is 17.6 Å². The Morgan fingerprint density at radius 1 is 0.389 bits per heavy atom. The Balaban J connectivity index is 0.915. The summed E-state index contributed by atoms with van der Waals surface area (Å²) in [6.07, 6.45) is -8.87. The molecule has 0 radical (unpaired) electrons. The first kappa shape index (κ1) is 47.5. The highest BCUT2D eigenvalue weighted by molar-refractivity contribution is 6.88. The maximum Gasteiger partial charge on any atom is 0.416 e. The van der Waals surface area contributed by atoms with E-state index in [1.54, 1.807) is 0 Å². The number of aryl methyl sites for hydroxylation is 1. The lowest BCUT2D eigenvalue weighted by molar-refractivity contribution is -0.138. The van der Waals surface area contributed by atoms with E-state index < -0.39 is 31.6 Å². The van der Waals surface area contributed by atoms with Gasteiger partial charge in [0, 0.05) is 45.4 Å². The Kier molecular flexibility index (Phi) is 12.5. The molecule has 0 N–H and O–H groups in total. The van der Waals surface area contributed by atoms with Crippen molar-refractivity contribution < 1.29 is 26.3 Å². The van der Waals surface area contributed by atoms with Crippen LogP contribution in [0.25, 0.3) is 50.4 Å². The minimum atomic E-state index is -4.44. The van der Waals surface area contributed by atoms with E-state index in [4.69, 9.17) is 4.98 Å². The Labute approximate surface area is 415 Å². The summed E-state index contributed by atoms with van der Waals surface area (Å²) >= 11 is 0. The van der Waals surface area contributed by atoms with E-state index in [-0.39, 0.29) is 0 Å². The average molecular weight is 979 g/mol. The van der Waals surface area contributed by atoms with Crippen LogP contribution in [0, 0.1) is 6.92 Å². The Morgan fingerprint density at radius 2 is 0.722 bits per heavy atom. The van der Waals surface area contributed by atoms with Crippen molar-refractivity contribution in [3.63, 3.8) is 0 Å². The highest BCUT2D eigenvalue weighted by atomic mass is 28.3. The molecule has 0 aliphatic carbocycles. The molecule has 0 atom stereocenters. The number of para-hydroxylation sites is 2. The highest BCUT2D eigenvalue weighted by Crippen LogP contribution is 2.41. The van der Waals surface area contributed by atoms with Gasteiger partial charge in [0.25, 0.3) is 0 Å². The van der Waals surface area contributed by atoms with Crippen molar-refractivity contribution in [3.8, 4) is 39.3 Å². The van der Waals surface area contributed by atoms with E-state index in [1.165, 1.54) is 29.5 Å². The maximum atomic E-state index is 13.6. The number of nitrogens with zero attached hydrogens (tertiary/aromatic N) is 4. The van der Waals surface area contributed by atoms with Gasteiger partial charge in [-0.1, -0.05) is 127 Å². The third kappa shape index (κ3) is 9.80. The molecule has 0 spiro atoms. The van der Waals surface area contributed by atoms with Gasteiger partial charge in [0.2, 0.25) is 0 Å². The van der Waals surface area contributed by atoms with Crippen LogP contribution in [0.2, 0.25) is 19.6 Å². The van der Waals surface area contributed by atoms with E-state index >= 15 is 0 Å². The fraction of sp³-hybridized carbons (Fsp3) is 0.0984. The molecule has 0 aliphatic heterocycles. The van der Waals surface area contributed by atoms with Crippen molar-refractivity contribution >= 4 is 58.4 Å². The van der Waals surface area contributed by atoms with Crippen molar-refractivity contribution in [2.24, 2.45) is 0 Å². The van der Waals surface area contributed by atoms with Crippen molar-refractivity contribution in [1.29, 1.82) is 0 Å². The Bertz CT molecular complexity index is 3410. The number of aromatic nitrogens is 2. The lowest BCUT2D eigenvalue weighted by Crippen LogP contribution is -2.37. The molecule has 1 heterocycles. The molecule has 11 heteroatoms. The molecule has 0 saturated heterocycles. The minimum absolute atomic E-state index is 0.611. The first-order valence-corrected chi connectivity index (χ1v) is 27.0. The molecule has 9 aromatic carbocycles. The number of imidazole rings is 1. The SMILES string of the molecule is Cc1ccc(N(c2ccc(-c3ccc(-n4c(-c5ccc(-c6ccc(N(c7ccc(C(F)(F)F)cc7)c7ccc([Si](C)(C)C)cc7)cc6)cc5)nc5ccccc54)cc3)cc2)c2ccc(C(F)(F)F)cc2)cc1. The number of hydrogen-bond acceptors (Lipinski definition) is 3. The zero-order valence-corrected chi connectivity index (χ0v) is 40.8. The second kappa shape index (κ2) is 18.9. The minimum Gasteiger partial charge on any atom is -0.311 e. The van der Waals surface area contributed by atoms with Crippen LogP contribution < -0.4 is 15.0 Å². The van der Waals surface area contributed by atoms with Gasteiger partial charge in [0.05, 0.1) is 30.2 Å². The number of anilines is 6. The van der Waals surface area contributed by atoms with Crippen molar-refractivity contribution in [1.82, 2.24) is 9.55 Å². The summed E-state index contributed by atoms with van der Waals surface area (Å²) in [4.78, 5) is 9.02. The van der Waals surface area contributed by atoms with Gasteiger partial charge < -0.3 is 9.80 Å². The summed E-state index contributed by atoms with van der Waals surface area (Å²) in [5, 5.41) is 1.29. The van der Waals surface area contributed by atoms with Crippen LogP contribution in [0.3, 0.4) is 0 Å². The van der Waals surface area contributed by atoms with Crippen molar-refractivity contribution in [2.75, 3.05) is 9.80 Å². The van der Waals surface area contributed by atoms with Crippen LogP contribution >= 0.6 is 0 Å². The highest BCUT2D eigenvalue weighted by Gasteiger charge is 2.31. The zero-order valence-electron chi connectivity index (χ0n) is 39.8. The first-order valence-electron chi connectivity index (χ1n) is 23.5. The molecule has 358 valence electrons. The van der Waals surface area contributed by atoms with Gasteiger partial charge in [0.1, 0.15) is 5.82 Å². The Morgan fingerprint density at radius 3 is 1.12 bits per heavy atom. The molecule has 4 nitrogen and oxygen atoms in total. The predicted octanol–water partition coefficient (Wildman–Crippen LogP) is 17.9. The predicted molar refractivity (Wildman–Crippen MR) is 284 cm³/mol. The summed E-state index contributed by atoms with van der Waals surface area (Å²) < 4.78 is 83.2. The molecule has 0 aliphatic rings. The molecule has 1 aromatic heterocycles. The van der Waals surface area contributed by atoms with Gasteiger partial charge in [-0.3, -0.25) is 4.57 Å². The Hall–Kier alpha value is -8.15. The number of halogens is 6. The van der Waals surface area contributed by atoms with Crippen LogP contribution in [0.15, 0.2) is 218 Å². The topological polar surface area (TPSA) is 24.3 Å². The van der Waals surface area contributed by atoms with Gasteiger partial charge in [0.15, 0.2) is 0 Å². The molecule has 10 aromatic rings. The number of hydrogen-bond donors (Lipinski definition) is 0. The van der Waals surface area contributed by atoms with Crippen molar-refractivity contribution in [2.45, 2.75) is 38.9 Å². The second-order valence-corrected chi connectivity index (χ2v) is 23.9. The molecule has 72 heavy (non-hydrogen) atoms. The number of fused-ring (bicyclic) bond motifs is 1. The number of rotatable bonds is 11. The summed E-state index contributed by atoms with van der Waals surface area (Å²) in [5.41, 5.74) is 11.8. The van der Waals surface area contributed by atoms with Gasteiger partial charge in [-0.05, 0) is 151 Å². The molecular weight excluding hydrogens is 931 g/mol. The quantitative estimate of drug-likeness (QED) is 0.0953. The van der Waals surface area contributed by atoms with Crippen LogP contribution in [0.1, 0.15) is 16.7 Å². The third-order valence-corrected chi connectivity index (χ3v) is 15.0. The summed E-state index contributed by atoms with van der Waals surface area (Å²) in [6, 6.07) is 67.3. The zero-order chi connectivity index (χ0) is 50.4. The van der Waals surface area contributed by atoms with Gasteiger partial charge in [-0.2, -0.15) is 26.3 Å². The lowest BCUT2D eigenvalue weighted by atomic mass is 10.0. The largest absolute Gasteiger partial charge is 0.416 e. The van der Waals surface area contributed by atoms with E-state index in [0.29, 0.717) is 11.4 Å². The van der Waals surface area contributed by atoms with E-state index in [2.05, 4.69) is 90.9 Å². The number of benzene rings is 9. The molecule has 0 amide bonds. The summed E-state index contributed by atoms with van der Waals surface area (Å²) in [7, 11) is -1.59. The first-order chi connectivity index (χ1) is 34.5. The van der Waals surface area contributed by atoms with Crippen LogP contribution in [0.4, 0.5) is 60.5 Å². The molecule has 0 fully saturated rings. The summed E-state index contributed by atoms with van der Waals surface area (Å²) in [5.74, 6) is 0.780. The van der Waals surface area contributed by atoms with Gasteiger partial charge in [-0.25, -0.2) is 4.98 Å².